The molecule has 0 bridgehead atoms. The maximum Gasteiger partial charge on any atom is 0.192 e. The van der Waals surface area contributed by atoms with Crippen LogP contribution in [0.15, 0.2) is 16.6 Å². The van der Waals surface area contributed by atoms with Crippen molar-refractivity contribution in [3.05, 3.63) is 27.7 Å². The monoisotopic (exact) mass is 458 g/mol. The molecule has 0 aromatic heterocycles. The van der Waals surface area contributed by atoms with E-state index in [0.29, 0.717) is 13.2 Å². The van der Waals surface area contributed by atoms with E-state index in [2.05, 4.69) is 63.6 Å². The molecule has 2 atom stereocenters. The van der Waals surface area contributed by atoms with Gasteiger partial charge in [-0.1, -0.05) is 36.7 Å². The molecule has 27 heavy (non-hydrogen) atoms. The molecule has 1 aromatic carbocycles. The Morgan fingerprint density at radius 2 is 1.52 bits per heavy atom. The highest BCUT2D eigenvalue weighted by Crippen LogP contribution is 2.38. The Hall–Kier alpha value is -0.403. The summed E-state index contributed by atoms with van der Waals surface area (Å²) in [5, 5.41) is 0.167. The van der Waals surface area contributed by atoms with Gasteiger partial charge in [-0.3, -0.25) is 0 Å². The van der Waals surface area contributed by atoms with Crippen molar-refractivity contribution in [1.82, 2.24) is 0 Å². The van der Waals surface area contributed by atoms with Crippen LogP contribution in [0, 0.1) is 13.8 Å². The summed E-state index contributed by atoms with van der Waals surface area (Å²) >= 11 is 3.60. The minimum Gasteiger partial charge on any atom is -0.491 e. The first-order valence-electron chi connectivity index (χ1n) is 9.61. The first-order chi connectivity index (χ1) is 12.2. The van der Waals surface area contributed by atoms with Gasteiger partial charge >= 0.3 is 0 Å². The van der Waals surface area contributed by atoms with E-state index in [0.717, 1.165) is 21.3 Å². The van der Waals surface area contributed by atoms with Crippen molar-refractivity contribution in [3.8, 4) is 5.75 Å². The molecular formula is C21H35BrO4Si. The van der Waals surface area contributed by atoms with Gasteiger partial charge in [-0.2, -0.15) is 0 Å². The van der Waals surface area contributed by atoms with Crippen molar-refractivity contribution in [1.29, 1.82) is 0 Å². The van der Waals surface area contributed by atoms with Gasteiger partial charge in [-0.15, -0.1) is 0 Å². The average Bonchev–Trinajstić information content (AvgIpc) is 2.81. The molecule has 1 aromatic rings. The van der Waals surface area contributed by atoms with Gasteiger partial charge in [0.2, 0.25) is 0 Å². The highest BCUT2D eigenvalue weighted by molar-refractivity contribution is 9.10. The van der Waals surface area contributed by atoms with E-state index >= 15 is 0 Å². The summed E-state index contributed by atoms with van der Waals surface area (Å²) in [7, 11) is -1.84. The van der Waals surface area contributed by atoms with E-state index in [1.54, 1.807) is 0 Å². The van der Waals surface area contributed by atoms with E-state index in [-0.39, 0.29) is 17.2 Å². The second-order valence-electron chi connectivity index (χ2n) is 9.47. The Morgan fingerprint density at radius 3 is 2.00 bits per heavy atom. The third-order valence-electron chi connectivity index (χ3n) is 5.52. The molecular weight excluding hydrogens is 424 g/mol. The van der Waals surface area contributed by atoms with Crippen LogP contribution in [0.1, 0.15) is 45.7 Å². The van der Waals surface area contributed by atoms with Gasteiger partial charge < -0.3 is 18.6 Å². The summed E-state index contributed by atoms with van der Waals surface area (Å²) < 4.78 is 25.8. The maximum atomic E-state index is 6.38. The SMILES string of the molecule is Cc1cc(OC[C@@H]2OC(C)(C)O[C@H]2CO[Si](C)(C)C(C)(C)C)cc(C)c1Br. The smallest absolute Gasteiger partial charge is 0.192 e. The fraction of sp³-hybridized carbons (Fsp3) is 0.714. The Bertz CT molecular complexity index is 644. The minimum atomic E-state index is -1.84. The first-order valence-corrected chi connectivity index (χ1v) is 13.3. The molecule has 0 aliphatic carbocycles. The number of hydrogen-bond acceptors (Lipinski definition) is 4. The Balaban J connectivity index is 2.03. The van der Waals surface area contributed by atoms with E-state index in [1.165, 1.54) is 0 Å². The van der Waals surface area contributed by atoms with Crippen LogP contribution >= 0.6 is 15.9 Å². The van der Waals surface area contributed by atoms with Crippen LogP contribution in [-0.4, -0.2) is 39.5 Å². The molecule has 1 fully saturated rings. The zero-order valence-corrected chi connectivity index (χ0v) is 20.8. The van der Waals surface area contributed by atoms with Crippen molar-refractivity contribution in [2.75, 3.05) is 13.2 Å². The maximum absolute atomic E-state index is 6.38. The zero-order chi connectivity index (χ0) is 20.6. The van der Waals surface area contributed by atoms with Crippen LogP contribution in [0.4, 0.5) is 0 Å². The van der Waals surface area contributed by atoms with Gasteiger partial charge in [0.1, 0.15) is 24.6 Å². The van der Waals surface area contributed by atoms with Crippen LogP contribution in [0.5, 0.6) is 5.75 Å². The standard InChI is InChI=1S/C21H35BrO4Si/c1-14-10-16(11-15(2)19(14)22)23-12-17-18(26-21(6,7)25-17)13-24-27(8,9)20(3,4)5/h10-11,17-18H,12-13H2,1-9H3/t17-,18-/m0/s1. The molecule has 4 nitrogen and oxygen atoms in total. The van der Waals surface area contributed by atoms with Crippen molar-refractivity contribution in [2.45, 2.75) is 84.6 Å². The molecule has 0 radical (unpaired) electrons. The average molecular weight is 459 g/mol. The second kappa shape index (κ2) is 8.15. The molecule has 1 aliphatic rings. The highest BCUT2D eigenvalue weighted by Gasteiger charge is 2.44. The molecule has 1 saturated heterocycles. The number of hydrogen-bond donors (Lipinski definition) is 0. The summed E-state index contributed by atoms with van der Waals surface area (Å²) in [4.78, 5) is 0. The zero-order valence-electron chi connectivity index (χ0n) is 18.2. The lowest BCUT2D eigenvalue weighted by molar-refractivity contribution is -0.150. The summed E-state index contributed by atoms with van der Waals surface area (Å²) in [6.07, 6.45) is -0.291. The molecule has 1 aliphatic heterocycles. The quantitative estimate of drug-likeness (QED) is 0.490. The predicted molar refractivity (Wildman–Crippen MR) is 116 cm³/mol. The highest BCUT2D eigenvalue weighted by atomic mass is 79.9. The molecule has 6 heteroatoms. The fourth-order valence-corrected chi connectivity index (χ4v) is 4.11. The number of ether oxygens (including phenoxy) is 3. The lowest BCUT2D eigenvalue weighted by Gasteiger charge is -2.37. The summed E-state index contributed by atoms with van der Waals surface area (Å²) in [6.45, 7) is 20.2. The van der Waals surface area contributed by atoms with E-state index in [9.17, 15) is 0 Å². The third-order valence-corrected chi connectivity index (χ3v) is 11.3. The second-order valence-corrected chi connectivity index (χ2v) is 15.1. The Kier molecular flexibility index (Phi) is 6.90. The lowest BCUT2D eigenvalue weighted by atomic mass is 10.1. The van der Waals surface area contributed by atoms with E-state index in [1.807, 2.05) is 26.0 Å². The predicted octanol–water partition coefficient (Wildman–Crippen LogP) is 5.99. The van der Waals surface area contributed by atoms with Gasteiger partial charge in [0.25, 0.3) is 0 Å². The van der Waals surface area contributed by atoms with Crippen molar-refractivity contribution >= 4 is 24.2 Å². The van der Waals surface area contributed by atoms with Crippen molar-refractivity contribution in [2.24, 2.45) is 0 Å². The first kappa shape index (κ1) is 22.9. The summed E-state index contributed by atoms with van der Waals surface area (Å²) in [6, 6.07) is 4.08. The number of aryl methyl sites for hydroxylation is 2. The Morgan fingerprint density at radius 1 is 1.04 bits per heavy atom. The van der Waals surface area contributed by atoms with Crippen molar-refractivity contribution in [3.63, 3.8) is 0 Å². The van der Waals surface area contributed by atoms with Crippen LogP contribution in [0.25, 0.3) is 0 Å². The van der Waals surface area contributed by atoms with Crippen LogP contribution in [0.2, 0.25) is 18.1 Å². The molecule has 0 N–H and O–H groups in total. The molecule has 1 heterocycles. The van der Waals surface area contributed by atoms with Crippen LogP contribution in [0.3, 0.4) is 0 Å². The molecule has 0 spiro atoms. The fourth-order valence-electron chi connectivity index (χ4n) is 2.87. The van der Waals surface area contributed by atoms with Gasteiger partial charge in [-0.25, -0.2) is 0 Å². The summed E-state index contributed by atoms with van der Waals surface area (Å²) in [5.41, 5.74) is 2.32. The largest absolute Gasteiger partial charge is 0.491 e. The van der Waals surface area contributed by atoms with Gasteiger partial charge in [0.15, 0.2) is 14.1 Å². The number of benzene rings is 1. The van der Waals surface area contributed by atoms with E-state index in [4.69, 9.17) is 18.6 Å². The molecule has 154 valence electrons. The van der Waals surface area contributed by atoms with Gasteiger partial charge in [0.05, 0.1) is 6.61 Å². The number of halogens is 1. The van der Waals surface area contributed by atoms with Gasteiger partial charge in [-0.05, 0) is 69.1 Å². The van der Waals surface area contributed by atoms with Crippen molar-refractivity contribution < 1.29 is 18.6 Å². The minimum absolute atomic E-state index is 0.133. The lowest BCUT2D eigenvalue weighted by Crippen LogP contribution is -2.44. The summed E-state index contributed by atoms with van der Waals surface area (Å²) in [5.74, 6) is 0.228. The van der Waals surface area contributed by atoms with Crippen LogP contribution < -0.4 is 4.74 Å². The molecule has 0 amide bonds. The van der Waals surface area contributed by atoms with Gasteiger partial charge in [0, 0.05) is 4.47 Å². The normalized spacial score (nSPS) is 22.9. The topological polar surface area (TPSA) is 36.9 Å². The number of rotatable bonds is 6. The van der Waals surface area contributed by atoms with Crippen LogP contribution in [-0.2, 0) is 13.9 Å². The molecule has 0 unspecified atom stereocenters. The molecule has 0 saturated carbocycles. The molecule has 2 rings (SSSR count). The Labute approximate surface area is 174 Å². The third kappa shape index (κ3) is 5.79. The van der Waals surface area contributed by atoms with E-state index < -0.39 is 14.1 Å².